The molecule has 0 amide bonds. The number of nitrogens with one attached hydrogen (secondary N) is 2. The summed E-state index contributed by atoms with van der Waals surface area (Å²) in [5.41, 5.74) is 1.81. The molecule has 0 saturated heterocycles. The Kier molecular flexibility index (Phi) is 4.76. The molecule has 0 aromatic heterocycles. The van der Waals surface area contributed by atoms with E-state index >= 15 is 0 Å². The van der Waals surface area contributed by atoms with Crippen molar-refractivity contribution in [2.75, 3.05) is 24.1 Å². The van der Waals surface area contributed by atoms with Crippen LogP contribution in [0.1, 0.15) is 12.5 Å². The summed E-state index contributed by atoms with van der Waals surface area (Å²) in [6.45, 7) is 2.53. The Hall–Kier alpha value is -1.07. The molecule has 0 bridgehead atoms. The molecule has 5 heteroatoms. The molecule has 2 N–H and O–H groups in total. The van der Waals surface area contributed by atoms with Gasteiger partial charge in [0.2, 0.25) is 10.0 Å². The average molecular weight is 242 g/mol. The molecule has 0 aliphatic rings. The molecular formula is C11H18N2O2S. The van der Waals surface area contributed by atoms with Crippen molar-refractivity contribution in [2.24, 2.45) is 0 Å². The van der Waals surface area contributed by atoms with E-state index in [9.17, 15) is 8.42 Å². The van der Waals surface area contributed by atoms with Crippen LogP contribution in [0, 0.1) is 0 Å². The van der Waals surface area contributed by atoms with Crippen LogP contribution in [0.2, 0.25) is 0 Å². The van der Waals surface area contributed by atoms with Gasteiger partial charge in [-0.15, -0.1) is 0 Å². The lowest BCUT2D eigenvalue weighted by Gasteiger charge is -2.07. The van der Waals surface area contributed by atoms with Gasteiger partial charge in [-0.2, -0.15) is 0 Å². The first-order valence-corrected chi connectivity index (χ1v) is 6.96. The second-order valence-electron chi connectivity index (χ2n) is 3.56. The molecule has 0 radical (unpaired) electrons. The quantitative estimate of drug-likeness (QED) is 0.788. The molecule has 1 rings (SSSR count). The van der Waals surface area contributed by atoms with Crippen molar-refractivity contribution in [2.45, 2.75) is 13.3 Å². The topological polar surface area (TPSA) is 58.2 Å². The summed E-state index contributed by atoms with van der Waals surface area (Å²) in [5.74, 6) is 0.0918. The lowest BCUT2D eigenvalue weighted by atomic mass is 10.1. The van der Waals surface area contributed by atoms with E-state index in [0.717, 1.165) is 13.0 Å². The Balaban J connectivity index is 2.65. The zero-order valence-corrected chi connectivity index (χ0v) is 10.5. The molecular weight excluding hydrogens is 224 g/mol. The average Bonchev–Trinajstić information content (AvgIpc) is 2.28. The summed E-state index contributed by atoms with van der Waals surface area (Å²) in [4.78, 5) is 0. The summed E-state index contributed by atoms with van der Waals surface area (Å²) < 4.78 is 25.1. The van der Waals surface area contributed by atoms with Crippen molar-refractivity contribution in [3.63, 3.8) is 0 Å². The minimum Gasteiger partial charge on any atom is -0.319 e. The van der Waals surface area contributed by atoms with Crippen molar-refractivity contribution in [3.8, 4) is 0 Å². The molecule has 0 unspecified atom stereocenters. The second-order valence-corrected chi connectivity index (χ2v) is 5.57. The number of likely N-dealkylation sites (N-methyl/N-ethyl adjacent to an activating group) is 1. The summed E-state index contributed by atoms with van der Waals surface area (Å²) in [7, 11) is -1.26. The summed E-state index contributed by atoms with van der Waals surface area (Å²) in [5, 5.41) is 3.07. The molecule has 0 heterocycles. The van der Waals surface area contributed by atoms with E-state index in [1.54, 1.807) is 19.1 Å². The third-order valence-electron chi connectivity index (χ3n) is 2.27. The van der Waals surface area contributed by atoms with Crippen LogP contribution in [0.25, 0.3) is 0 Å². The van der Waals surface area contributed by atoms with Gasteiger partial charge in [-0.3, -0.25) is 4.72 Å². The lowest BCUT2D eigenvalue weighted by molar-refractivity contribution is 0.602. The van der Waals surface area contributed by atoms with E-state index in [1.807, 2.05) is 19.2 Å². The Morgan fingerprint density at radius 3 is 2.31 bits per heavy atom. The molecule has 0 aliphatic heterocycles. The molecule has 0 fully saturated rings. The Labute approximate surface area is 97.1 Å². The van der Waals surface area contributed by atoms with E-state index in [-0.39, 0.29) is 5.75 Å². The van der Waals surface area contributed by atoms with Crippen LogP contribution in [-0.2, 0) is 16.4 Å². The van der Waals surface area contributed by atoms with Crippen molar-refractivity contribution < 1.29 is 8.42 Å². The molecule has 1 aromatic rings. The Morgan fingerprint density at radius 1 is 1.19 bits per heavy atom. The van der Waals surface area contributed by atoms with E-state index in [2.05, 4.69) is 10.0 Å². The summed E-state index contributed by atoms with van der Waals surface area (Å²) in [6.07, 6.45) is 0.942. The largest absolute Gasteiger partial charge is 0.319 e. The van der Waals surface area contributed by atoms with Gasteiger partial charge in [0.1, 0.15) is 0 Å². The Bertz CT molecular complexity index is 412. The Morgan fingerprint density at radius 2 is 1.81 bits per heavy atom. The second kappa shape index (κ2) is 5.86. The van der Waals surface area contributed by atoms with Gasteiger partial charge < -0.3 is 5.32 Å². The van der Waals surface area contributed by atoms with Crippen LogP contribution in [0.5, 0.6) is 0 Å². The van der Waals surface area contributed by atoms with Gasteiger partial charge in [-0.1, -0.05) is 12.1 Å². The zero-order valence-electron chi connectivity index (χ0n) is 9.66. The highest BCUT2D eigenvalue weighted by Crippen LogP contribution is 2.11. The van der Waals surface area contributed by atoms with Crippen LogP contribution >= 0.6 is 0 Å². The fourth-order valence-corrected chi connectivity index (χ4v) is 1.90. The third kappa shape index (κ3) is 4.20. The number of rotatable bonds is 6. The van der Waals surface area contributed by atoms with E-state index in [4.69, 9.17) is 0 Å². The van der Waals surface area contributed by atoms with Gasteiger partial charge in [0.25, 0.3) is 0 Å². The van der Waals surface area contributed by atoms with Crippen LogP contribution in [0.4, 0.5) is 5.69 Å². The maximum atomic E-state index is 11.3. The standard InChI is InChI=1S/C11H18N2O2S/c1-3-16(14,15)13-11-6-4-10(5-7-11)8-9-12-2/h4-7,12-13H,3,8-9H2,1-2H3. The molecule has 1 aromatic carbocycles. The molecule has 16 heavy (non-hydrogen) atoms. The number of anilines is 1. The van der Waals surface area contributed by atoms with Gasteiger partial charge in [0.15, 0.2) is 0 Å². The lowest BCUT2D eigenvalue weighted by Crippen LogP contribution is -2.14. The predicted molar refractivity (Wildman–Crippen MR) is 67.2 cm³/mol. The fraction of sp³-hybridized carbons (Fsp3) is 0.455. The van der Waals surface area contributed by atoms with Crippen molar-refractivity contribution in [1.82, 2.24) is 5.32 Å². The molecule has 0 atom stereocenters. The molecule has 0 aliphatic carbocycles. The highest BCUT2D eigenvalue weighted by molar-refractivity contribution is 7.92. The first-order valence-electron chi connectivity index (χ1n) is 5.31. The summed E-state index contributed by atoms with van der Waals surface area (Å²) >= 11 is 0. The minimum atomic E-state index is -3.16. The van der Waals surface area contributed by atoms with Crippen LogP contribution in [0.15, 0.2) is 24.3 Å². The first-order chi connectivity index (χ1) is 7.57. The highest BCUT2D eigenvalue weighted by Gasteiger charge is 2.05. The van der Waals surface area contributed by atoms with Crippen LogP contribution in [-0.4, -0.2) is 27.8 Å². The number of hydrogen-bond donors (Lipinski definition) is 2. The van der Waals surface area contributed by atoms with Gasteiger partial charge >= 0.3 is 0 Å². The van der Waals surface area contributed by atoms with E-state index in [0.29, 0.717) is 5.69 Å². The first kappa shape index (κ1) is 13.0. The van der Waals surface area contributed by atoms with Gasteiger partial charge in [0.05, 0.1) is 5.75 Å². The number of sulfonamides is 1. The SMILES string of the molecule is CCS(=O)(=O)Nc1ccc(CCNC)cc1. The summed E-state index contributed by atoms with van der Waals surface area (Å²) in [6, 6.07) is 7.45. The minimum absolute atomic E-state index is 0.0918. The maximum Gasteiger partial charge on any atom is 0.232 e. The van der Waals surface area contributed by atoms with E-state index in [1.165, 1.54) is 5.56 Å². The predicted octanol–water partition coefficient (Wildman–Crippen LogP) is 1.21. The van der Waals surface area contributed by atoms with Crippen molar-refractivity contribution >= 4 is 15.7 Å². The van der Waals surface area contributed by atoms with Gasteiger partial charge in [-0.05, 0) is 44.6 Å². The normalized spacial score (nSPS) is 11.4. The number of hydrogen-bond acceptors (Lipinski definition) is 3. The van der Waals surface area contributed by atoms with E-state index < -0.39 is 10.0 Å². The third-order valence-corrected chi connectivity index (χ3v) is 3.58. The van der Waals surface area contributed by atoms with Crippen molar-refractivity contribution in [3.05, 3.63) is 29.8 Å². The molecule has 0 saturated carbocycles. The van der Waals surface area contributed by atoms with Crippen LogP contribution in [0.3, 0.4) is 0 Å². The molecule has 4 nitrogen and oxygen atoms in total. The van der Waals surface area contributed by atoms with Gasteiger partial charge in [-0.25, -0.2) is 8.42 Å². The zero-order chi connectivity index (χ0) is 12.0. The monoisotopic (exact) mass is 242 g/mol. The fourth-order valence-electron chi connectivity index (χ4n) is 1.26. The maximum absolute atomic E-state index is 11.3. The van der Waals surface area contributed by atoms with Crippen LogP contribution < -0.4 is 10.0 Å². The molecule has 90 valence electrons. The smallest absolute Gasteiger partial charge is 0.232 e. The molecule has 0 spiro atoms. The van der Waals surface area contributed by atoms with Gasteiger partial charge in [0, 0.05) is 5.69 Å². The van der Waals surface area contributed by atoms with Crippen molar-refractivity contribution in [1.29, 1.82) is 0 Å². The highest BCUT2D eigenvalue weighted by atomic mass is 32.2. The number of benzene rings is 1.